The zero-order valence-corrected chi connectivity index (χ0v) is 8.11. The molecule has 1 aliphatic rings. The minimum Gasteiger partial charge on any atom is -0.480 e. The van der Waals surface area contributed by atoms with Gasteiger partial charge in [-0.3, -0.25) is 0 Å². The fraction of sp³-hybridized carbons (Fsp3) is 0.800. The molecule has 1 rings (SSSR count). The van der Waals surface area contributed by atoms with Crippen LogP contribution >= 0.6 is 0 Å². The van der Waals surface area contributed by atoms with E-state index in [4.69, 9.17) is 5.11 Å². The number of carbonyl (C=O) groups is 1. The van der Waals surface area contributed by atoms with E-state index in [1.807, 2.05) is 0 Å². The predicted molar refractivity (Wildman–Crippen MR) is 50.7 cm³/mol. The maximum atomic E-state index is 10.7. The Labute approximate surface area is 83.0 Å². The van der Waals surface area contributed by atoms with Crippen molar-refractivity contribution in [1.82, 2.24) is 0 Å². The lowest BCUT2D eigenvalue weighted by molar-refractivity contribution is -0.138. The van der Waals surface area contributed by atoms with Gasteiger partial charge in [0.05, 0.1) is 0 Å². The van der Waals surface area contributed by atoms with Gasteiger partial charge in [0.2, 0.25) is 6.08 Å². The standard InChI is InChI=1S/C10H15NO3/c12-7-11-9(10(13)14)6-8-4-2-1-3-5-8/h8-9H,1-6H2,(H,13,14). The number of aliphatic imine (C=N–C) groups is 1. The van der Waals surface area contributed by atoms with Crippen LogP contribution in [0.25, 0.3) is 0 Å². The lowest BCUT2D eigenvalue weighted by atomic mass is 9.85. The van der Waals surface area contributed by atoms with E-state index in [0.717, 1.165) is 12.8 Å². The second kappa shape index (κ2) is 5.55. The van der Waals surface area contributed by atoms with Crippen molar-refractivity contribution >= 4 is 12.0 Å². The quantitative estimate of drug-likeness (QED) is 0.551. The maximum Gasteiger partial charge on any atom is 0.329 e. The number of isocyanates is 1. The minimum atomic E-state index is -1.01. The van der Waals surface area contributed by atoms with E-state index in [1.54, 1.807) is 0 Å². The Hall–Kier alpha value is -1.15. The lowest BCUT2D eigenvalue weighted by Crippen LogP contribution is -2.22. The summed E-state index contributed by atoms with van der Waals surface area (Å²) in [5.41, 5.74) is 0. The van der Waals surface area contributed by atoms with E-state index in [-0.39, 0.29) is 0 Å². The third-order valence-corrected chi connectivity index (χ3v) is 2.77. The fourth-order valence-corrected chi connectivity index (χ4v) is 2.01. The first-order valence-corrected chi connectivity index (χ1v) is 5.04. The average Bonchev–Trinajstić information content (AvgIpc) is 2.18. The number of carboxylic acids is 1. The van der Waals surface area contributed by atoms with Crippen molar-refractivity contribution in [3.8, 4) is 0 Å². The summed E-state index contributed by atoms with van der Waals surface area (Å²) in [6, 6.07) is -0.879. The minimum absolute atomic E-state index is 0.418. The molecule has 4 nitrogen and oxygen atoms in total. The topological polar surface area (TPSA) is 66.7 Å². The molecule has 14 heavy (non-hydrogen) atoms. The predicted octanol–water partition coefficient (Wildman–Crippen LogP) is 1.75. The molecule has 0 aromatic rings. The van der Waals surface area contributed by atoms with E-state index in [0.29, 0.717) is 12.3 Å². The number of rotatable bonds is 4. The second-order valence-electron chi connectivity index (χ2n) is 3.81. The van der Waals surface area contributed by atoms with Crippen LogP contribution in [-0.2, 0) is 9.59 Å². The molecule has 0 aromatic carbocycles. The molecule has 78 valence electrons. The summed E-state index contributed by atoms with van der Waals surface area (Å²) in [5.74, 6) is -0.596. The monoisotopic (exact) mass is 197 g/mol. The van der Waals surface area contributed by atoms with Gasteiger partial charge < -0.3 is 5.11 Å². The van der Waals surface area contributed by atoms with Crippen LogP contribution in [0.1, 0.15) is 38.5 Å². The first kappa shape index (κ1) is 10.9. The number of aliphatic carboxylic acids is 1. The summed E-state index contributed by atoms with van der Waals surface area (Å²) >= 11 is 0. The van der Waals surface area contributed by atoms with E-state index in [1.165, 1.54) is 25.3 Å². The zero-order chi connectivity index (χ0) is 10.4. The number of carboxylic acid groups (broad SMARTS) is 1. The molecule has 0 aliphatic heterocycles. The fourth-order valence-electron chi connectivity index (χ4n) is 2.01. The van der Waals surface area contributed by atoms with Crippen LogP contribution in [0.5, 0.6) is 0 Å². The summed E-state index contributed by atoms with van der Waals surface area (Å²) < 4.78 is 0. The van der Waals surface area contributed by atoms with E-state index in [9.17, 15) is 9.59 Å². The summed E-state index contributed by atoms with van der Waals surface area (Å²) in [6.45, 7) is 0. The Morgan fingerprint density at radius 2 is 2.07 bits per heavy atom. The van der Waals surface area contributed by atoms with Gasteiger partial charge in [0.15, 0.2) is 6.04 Å². The van der Waals surface area contributed by atoms with Crippen molar-refractivity contribution in [3.05, 3.63) is 0 Å². The van der Waals surface area contributed by atoms with E-state index >= 15 is 0 Å². The smallest absolute Gasteiger partial charge is 0.329 e. The first-order chi connectivity index (χ1) is 6.74. The zero-order valence-electron chi connectivity index (χ0n) is 8.11. The first-order valence-electron chi connectivity index (χ1n) is 5.04. The third-order valence-electron chi connectivity index (χ3n) is 2.77. The number of nitrogens with zero attached hydrogens (tertiary/aromatic N) is 1. The highest BCUT2D eigenvalue weighted by Gasteiger charge is 2.23. The van der Waals surface area contributed by atoms with Crippen LogP contribution in [-0.4, -0.2) is 23.2 Å². The second-order valence-corrected chi connectivity index (χ2v) is 3.81. The molecule has 0 amide bonds. The van der Waals surface area contributed by atoms with Crippen molar-refractivity contribution in [2.75, 3.05) is 0 Å². The van der Waals surface area contributed by atoms with Crippen molar-refractivity contribution in [3.63, 3.8) is 0 Å². The number of hydrogen-bond acceptors (Lipinski definition) is 3. The van der Waals surface area contributed by atoms with Crippen LogP contribution in [0.3, 0.4) is 0 Å². The molecule has 0 aromatic heterocycles. The Bertz CT molecular complexity index is 238. The maximum absolute atomic E-state index is 10.7. The molecule has 4 heteroatoms. The molecule has 0 bridgehead atoms. The van der Waals surface area contributed by atoms with Gasteiger partial charge in [0, 0.05) is 0 Å². The Morgan fingerprint density at radius 3 is 2.57 bits per heavy atom. The molecule has 0 saturated heterocycles. The molecule has 1 fully saturated rings. The Kier molecular flexibility index (Phi) is 4.33. The van der Waals surface area contributed by atoms with Gasteiger partial charge in [-0.05, 0) is 12.3 Å². The normalized spacial score (nSPS) is 19.7. The van der Waals surface area contributed by atoms with Crippen LogP contribution in [0, 0.1) is 5.92 Å². The highest BCUT2D eigenvalue weighted by atomic mass is 16.4. The van der Waals surface area contributed by atoms with Gasteiger partial charge in [0.1, 0.15) is 0 Å². The summed E-state index contributed by atoms with van der Waals surface area (Å²) in [6.07, 6.45) is 7.54. The molecule has 0 spiro atoms. The highest BCUT2D eigenvalue weighted by Crippen LogP contribution is 2.27. The van der Waals surface area contributed by atoms with Gasteiger partial charge in [-0.1, -0.05) is 32.1 Å². The van der Waals surface area contributed by atoms with Crippen LogP contribution in [0.15, 0.2) is 4.99 Å². The van der Waals surface area contributed by atoms with Crippen LogP contribution < -0.4 is 0 Å². The van der Waals surface area contributed by atoms with Gasteiger partial charge in [0.25, 0.3) is 0 Å². The molecular weight excluding hydrogens is 182 g/mol. The molecule has 1 atom stereocenters. The SMILES string of the molecule is O=C=NC(CC1CCCCC1)C(=O)O. The molecule has 1 saturated carbocycles. The van der Waals surface area contributed by atoms with Crippen molar-refractivity contribution in [2.24, 2.45) is 10.9 Å². The molecule has 1 N–H and O–H groups in total. The molecule has 0 radical (unpaired) electrons. The van der Waals surface area contributed by atoms with Gasteiger partial charge in [-0.2, -0.15) is 4.99 Å². The van der Waals surface area contributed by atoms with Gasteiger partial charge in [-0.25, -0.2) is 9.59 Å². The van der Waals surface area contributed by atoms with Crippen LogP contribution in [0.4, 0.5) is 0 Å². The molecule has 1 unspecified atom stereocenters. The van der Waals surface area contributed by atoms with Crippen LogP contribution in [0.2, 0.25) is 0 Å². The Balaban J connectivity index is 2.45. The number of hydrogen-bond donors (Lipinski definition) is 1. The Morgan fingerprint density at radius 1 is 1.43 bits per heavy atom. The van der Waals surface area contributed by atoms with Gasteiger partial charge >= 0.3 is 5.97 Å². The van der Waals surface area contributed by atoms with Gasteiger partial charge in [-0.15, -0.1) is 0 Å². The molecular formula is C10H15NO3. The van der Waals surface area contributed by atoms with E-state index < -0.39 is 12.0 Å². The lowest BCUT2D eigenvalue weighted by Gasteiger charge is -2.22. The average molecular weight is 197 g/mol. The summed E-state index contributed by atoms with van der Waals surface area (Å²) in [7, 11) is 0. The van der Waals surface area contributed by atoms with Crippen molar-refractivity contribution in [1.29, 1.82) is 0 Å². The summed E-state index contributed by atoms with van der Waals surface area (Å²) in [4.78, 5) is 24.0. The molecule has 1 aliphatic carbocycles. The number of carbonyl (C=O) groups excluding carboxylic acids is 1. The largest absolute Gasteiger partial charge is 0.480 e. The van der Waals surface area contributed by atoms with E-state index in [2.05, 4.69) is 4.99 Å². The van der Waals surface area contributed by atoms with Crippen molar-refractivity contribution in [2.45, 2.75) is 44.6 Å². The third kappa shape index (κ3) is 3.30. The summed E-state index contributed by atoms with van der Waals surface area (Å²) in [5, 5.41) is 8.76. The van der Waals surface area contributed by atoms with Crippen molar-refractivity contribution < 1.29 is 14.7 Å². The molecule has 0 heterocycles. The highest BCUT2D eigenvalue weighted by molar-refractivity contribution is 5.74.